The van der Waals surface area contributed by atoms with Crippen molar-refractivity contribution in [3.05, 3.63) is 0 Å². The molecule has 0 heterocycles. The molecule has 0 aliphatic heterocycles. The minimum absolute atomic E-state index is 0.343. The first-order chi connectivity index (χ1) is 7.70. The van der Waals surface area contributed by atoms with Gasteiger partial charge in [0.1, 0.15) is 5.78 Å². The van der Waals surface area contributed by atoms with Crippen molar-refractivity contribution in [1.82, 2.24) is 4.90 Å². The molecule has 2 nitrogen and oxygen atoms in total. The summed E-state index contributed by atoms with van der Waals surface area (Å²) in [5, 5.41) is 0. The van der Waals surface area contributed by atoms with E-state index in [1.165, 1.54) is 25.7 Å². The van der Waals surface area contributed by atoms with Crippen LogP contribution in [0.15, 0.2) is 0 Å². The Bertz CT molecular complexity index is 247. The van der Waals surface area contributed by atoms with E-state index in [2.05, 4.69) is 18.9 Å². The minimum Gasteiger partial charge on any atom is -0.303 e. The fourth-order valence-electron chi connectivity index (χ4n) is 3.06. The molecule has 16 heavy (non-hydrogen) atoms. The first kappa shape index (κ1) is 12.1. The van der Waals surface area contributed by atoms with Crippen LogP contribution in [0, 0.1) is 11.8 Å². The zero-order valence-electron chi connectivity index (χ0n) is 10.7. The number of rotatable bonds is 5. The van der Waals surface area contributed by atoms with Crippen molar-refractivity contribution in [3.8, 4) is 0 Å². The van der Waals surface area contributed by atoms with Gasteiger partial charge in [-0.15, -0.1) is 0 Å². The van der Waals surface area contributed by atoms with Crippen LogP contribution in [0.3, 0.4) is 0 Å². The van der Waals surface area contributed by atoms with Crippen LogP contribution in [-0.4, -0.2) is 30.3 Å². The SMILES string of the molecule is CCCC1CCC(=O)C(CN(C)C2CC2)C1. The third kappa shape index (κ3) is 3.07. The van der Waals surface area contributed by atoms with Gasteiger partial charge in [0, 0.05) is 24.9 Å². The zero-order chi connectivity index (χ0) is 11.5. The molecule has 0 aromatic heterocycles. The molecule has 0 N–H and O–H groups in total. The average molecular weight is 223 g/mol. The second kappa shape index (κ2) is 5.31. The van der Waals surface area contributed by atoms with Crippen molar-refractivity contribution < 1.29 is 4.79 Å². The lowest BCUT2D eigenvalue weighted by molar-refractivity contribution is -0.126. The lowest BCUT2D eigenvalue weighted by Crippen LogP contribution is -2.35. The number of ketones is 1. The number of hydrogen-bond acceptors (Lipinski definition) is 2. The predicted molar refractivity (Wildman–Crippen MR) is 66.4 cm³/mol. The van der Waals surface area contributed by atoms with Gasteiger partial charge in [-0.2, -0.15) is 0 Å². The predicted octanol–water partition coefficient (Wildman–Crippen LogP) is 2.87. The minimum atomic E-state index is 0.343. The van der Waals surface area contributed by atoms with Gasteiger partial charge >= 0.3 is 0 Å². The third-order valence-corrected chi connectivity index (χ3v) is 4.25. The van der Waals surface area contributed by atoms with Crippen molar-refractivity contribution in [2.75, 3.05) is 13.6 Å². The van der Waals surface area contributed by atoms with E-state index in [0.29, 0.717) is 11.7 Å². The summed E-state index contributed by atoms with van der Waals surface area (Å²) in [6.07, 6.45) is 8.42. The molecule has 2 aliphatic rings. The van der Waals surface area contributed by atoms with E-state index in [1.54, 1.807) is 0 Å². The summed E-state index contributed by atoms with van der Waals surface area (Å²) >= 11 is 0. The third-order valence-electron chi connectivity index (χ3n) is 4.25. The Kier molecular flexibility index (Phi) is 4.01. The highest BCUT2D eigenvalue weighted by Crippen LogP contribution is 2.32. The van der Waals surface area contributed by atoms with E-state index < -0.39 is 0 Å². The summed E-state index contributed by atoms with van der Waals surface area (Å²) in [7, 11) is 2.19. The van der Waals surface area contributed by atoms with E-state index in [0.717, 1.165) is 37.8 Å². The second-order valence-corrected chi connectivity index (χ2v) is 5.76. The molecule has 2 fully saturated rings. The molecule has 0 aromatic rings. The number of carbonyl (C=O) groups excluding carboxylic acids is 1. The van der Waals surface area contributed by atoms with Crippen molar-refractivity contribution in [1.29, 1.82) is 0 Å². The quantitative estimate of drug-likeness (QED) is 0.714. The lowest BCUT2D eigenvalue weighted by Gasteiger charge is -2.30. The molecule has 0 spiro atoms. The Hall–Kier alpha value is -0.370. The van der Waals surface area contributed by atoms with Crippen LogP contribution in [0.25, 0.3) is 0 Å². The van der Waals surface area contributed by atoms with Crippen molar-refractivity contribution >= 4 is 5.78 Å². The summed E-state index contributed by atoms with van der Waals surface area (Å²) in [6.45, 7) is 3.27. The normalized spacial score (nSPS) is 31.1. The number of Topliss-reactive ketones (excluding diaryl/α,β-unsaturated/α-hetero) is 1. The molecule has 2 saturated carbocycles. The van der Waals surface area contributed by atoms with Crippen molar-refractivity contribution in [2.45, 2.75) is 57.9 Å². The van der Waals surface area contributed by atoms with Gasteiger partial charge in [-0.05, 0) is 38.6 Å². The fourth-order valence-corrected chi connectivity index (χ4v) is 3.06. The molecule has 2 rings (SSSR count). The molecule has 0 aromatic carbocycles. The van der Waals surface area contributed by atoms with E-state index in [1.807, 2.05) is 0 Å². The van der Waals surface area contributed by atoms with Crippen LogP contribution < -0.4 is 0 Å². The fraction of sp³-hybridized carbons (Fsp3) is 0.929. The molecular formula is C14H25NO. The molecule has 2 atom stereocenters. The van der Waals surface area contributed by atoms with Gasteiger partial charge < -0.3 is 4.90 Å². The van der Waals surface area contributed by atoms with Gasteiger partial charge in [0.05, 0.1) is 0 Å². The maximum Gasteiger partial charge on any atom is 0.137 e. The molecule has 0 amide bonds. The largest absolute Gasteiger partial charge is 0.303 e. The number of nitrogens with zero attached hydrogens (tertiary/aromatic N) is 1. The highest BCUT2D eigenvalue weighted by molar-refractivity contribution is 5.81. The first-order valence-electron chi connectivity index (χ1n) is 6.93. The van der Waals surface area contributed by atoms with Crippen LogP contribution in [0.5, 0.6) is 0 Å². The Labute approximate surface area is 99.4 Å². The van der Waals surface area contributed by atoms with E-state index in [4.69, 9.17) is 0 Å². The Balaban J connectivity index is 1.82. The van der Waals surface area contributed by atoms with Crippen molar-refractivity contribution in [2.24, 2.45) is 11.8 Å². The van der Waals surface area contributed by atoms with E-state index in [9.17, 15) is 4.79 Å². The van der Waals surface area contributed by atoms with Crippen LogP contribution in [0.1, 0.15) is 51.9 Å². The maximum atomic E-state index is 11.9. The lowest BCUT2D eigenvalue weighted by atomic mass is 9.78. The Morgan fingerprint density at radius 1 is 1.31 bits per heavy atom. The summed E-state index contributed by atoms with van der Waals surface area (Å²) in [6, 6.07) is 0.791. The van der Waals surface area contributed by atoms with Gasteiger partial charge in [-0.1, -0.05) is 19.8 Å². The van der Waals surface area contributed by atoms with Crippen LogP contribution in [-0.2, 0) is 4.79 Å². The summed E-state index contributed by atoms with van der Waals surface area (Å²) in [5.41, 5.74) is 0. The van der Waals surface area contributed by atoms with Gasteiger partial charge in [0.2, 0.25) is 0 Å². The van der Waals surface area contributed by atoms with Gasteiger partial charge in [-0.3, -0.25) is 4.79 Å². The van der Waals surface area contributed by atoms with Crippen molar-refractivity contribution in [3.63, 3.8) is 0 Å². The molecule has 0 radical (unpaired) electrons. The standard InChI is InChI=1S/C14H25NO/c1-3-4-11-5-8-14(16)12(9-11)10-15(2)13-6-7-13/h11-13H,3-10H2,1-2H3. The monoisotopic (exact) mass is 223 g/mol. The first-order valence-corrected chi connectivity index (χ1v) is 6.93. The molecule has 0 bridgehead atoms. The highest BCUT2D eigenvalue weighted by Gasteiger charge is 2.33. The maximum absolute atomic E-state index is 11.9. The average Bonchev–Trinajstić information content (AvgIpc) is 3.07. The number of hydrogen-bond donors (Lipinski definition) is 0. The smallest absolute Gasteiger partial charge is 0.137 e. The zero-order valence-corrected chi connectivity index (χ0v) is 10.7. The van der Waals surface area contributed by atoms with E-state index >= 15 is 0 Å². The number of carbonyl (C=O) groups is 1. The molecule has 2 heteroatoms. The van der Waals surface area contributed by atoms with Gasteiger partial charge in [0.25, 0.3) is 0 Å². The summed E-state index contributed by atoms with van der Waals surface area (Å²) in [5.74, 6) is 1.69. The van der Waals surface area contributed by atoms with Gasteiger partial charge in [0.15, 0.2) is 0 Å². The molecule has 2 aliphatic carbocycles. The molecule has 0 saturated heterocycles. The highest BCUT2D eigenvalue weighted by atomic mass is 16.1. The van der Waals surface area contributed by atoms with Crippen LogP contribution in [0.4, 0.5) is 0 Å². The Morgan fingerprint density at radius 2 is 2.06 bits per heavy atom. The Morgan fingerprint density at radius 3 is 2.69 bits per heavy atom. The van der Waals surface area contributed by atoms with Crippen LogP contribution >= 0.6 is 0 Å². The van der Waals surface area contributed by atoms with Gasteiger partial charge in [-0.25, -0.2) is 0 Å². The molecular weight excluding hydrogens is 198 g/mol. The summed E-state index contributed by atoms with van der Waals surface area (Å²) < 4.78 is 0. The molecule has 2 unspecified atom stereocenters. The topological polar surface area (TPSA) is 20.3 Å². The molecule has 92 valence electrons. The second-order valence-electron chi connectivity index (χ2n) is 5.76. The van der Waals surface area contributed by atoms with E-state index in [-0.39, 0.29) is 0 Å². The summed E-state index contributed by atoms with van der Waals surface area (Å²) in [4.78, 5) is 14.3. The van der Waals surface area contributed by atoms with Crippen LogP contribution in [0.2, 0.25) is 0 Å².